The predicted molar refractivity (Wildman–Crippen MR) is 128 cm³/mol. The predicted octanol–water partition coefficient (Wildman–Crippen LogP) is 4.58. The van der Waals surface area contributed by atoms with Crippen LogP contribution in [-0.2, 0) is 11.2 Å². The quantitative estimate of drug-likeness (QED) is 0.310. The van der Waals surface area contributed by atoms with Crippen LogP contribution in [0.2, 0.25) is 0 Å². The average Bonchev–Trinajstić information content (AvgIpc) is 3.07. The first kappa shape index (κ1) is 22.6. The summed E-state index contributed by atoms with van der Waals surface area (Å²) < 4.78 is 0. The Morgan fingerprint density at radius 1 is 1.23 bits per heavy atom. The fourth-order valence-electron chi connectivity index (χ4n) is 4.41. The van der Waals surface area contributed by atoms with Gasteiger partial charge in [0.1, 0.15) is 5.84 Å². The smallest absolute Gasteiger partial charge is 0.258 e. The summed E-state index contributed by atoms with van der Waals surface area (Å²) in [6.45, 7) is 10.3. The summed E-state index contributed by atoms with van der Waals surface area (Å²) >= 11 is 0. The van der Waals surface area contributed by atoms with Crippen molar-refractivity contribution in [3.05, 3.63) is 81.4 Å². The van der Waals surface area contributed by atoms with E-state index in [4.69, 9.17) is 5.41 Å². The van der Waals surface area contributed by atoms with E-state index in [0.29, 0.717) is 17.2 Å². The molecule has 1 aliphatic carbocycles. The highest BCUT2D eigenvalue weighted by Gasteiger charge is 2.35. The molecule has 1 aromatic rings. The third-order valence-corrected chi connectivity index (χ3v) is 6.25. The minimum Gasteiger partial charge on any atom is -0.394 e. The van der Waals surface area contributed by atoms with Gasteiger partial charge in [-0.15, -0.1) is 0 Å². The van der Waals surface area contributed by atoms with Gasteiger partial charge in [-0.1, -0.05) is 44.2 Å². The first-order valence-corrected chi connectivity index (χ1v) is 11.1. The van der Waals surface area contributed by atoms with Crippen LogP contribution >= 0.6 is 0 Å². The summed E-state index contributed by atoms with van der Waals surface area (Å²) in [5.41, 5.74) is 7.85. The molecule has 0 bridgehead atoms. The van der Waals surface area contributed by atoms with E-state index < -0.39 is 0 Å². The largest absolute Gasteiger partial charge is 0.394 e. The highest BCUT2D eigenvalue weighted by molar-refractivity contribution is 6.07. The molecule has 1 amide bonds. The molecule has 1 aliphatic heterocycles. The number of amides is 1. The topological polar surface area (TPSA) is 77.0 Å². The minimum absolute atomic E-state index is 0.111. The standard InChI is InChI=1S/C26H34N4O/c1-7-18-10-9-15(3)20(11-18)21-13-22-23(12-19(21)8-2)30-26(31)24(22)17(5)29-25(27)16(4)14-28-6/h9-14,19,21,28H,7-8H2,1-6H3,(H2,27,29)(H,30,31)/b16-14-,24-17-. The van der Waals surface area contributed by atoms with E-state index in [1.807, 2.05) is 13.8 Å². The summed E-state index contributed by atoms with van der Waals surface area (Å²) in [5, 5.41) is 17.4. The maximum atomic E-state index is 12.9. The number of aryl methyl sites for hydroxylation is 2. The van der Waals surface area contributed by atoms with Crippen LogP contribution in [0.5, 0.6) is 0 Å². The van der Waals surface area contributed by atoms with Crippen molar-refractivity contribution in [1.29, 1.82) is 5.41 Å². The number of benzene rings is 1. The van der Waals surface area contributed by atoms with E-state index in [1.165, 1.54) is 16.7 Å². The summed E-state index contributed by atoms with van der Waals surface area (Å²) in [6, 6.07) is 6.72. The molecule has 3 rings (SSSR count). The Morgan fingerprint density at radius 2 is 1.97 bits per heavy atom. The molecule has 1 aromatic carbocycles. The van der Waals surface area contributed by atoms with Crippen molar-refractivity contribution < 1.29 is 4.79 Å². The molecular weight excluding hydrogens is 384 g/mol. The van der Waals surface area contributed by atoms with Gasteiger partial charge in [0.05, 0.1) is 5.57 Å². The van der Waals surface area contributed by atoms with Crippen LogP contribution in [0.3, 0.4) is 0 Å². The van der Waals surface area contributed by atoms with Gasteiger partial charge in [-0.05, 0) is 56.2 Å². The first-order valence-electron chi connectivity index (χ1n) is 11.1. The molecule has 5 nitrogen and oxygen atoms in total. The molecular formula is C26H34N4O. The Kier molecular flexibility index (Phi) is 6.84. The van der Waals surface area contributed by atoms with Gasteiger partial charge in [0.15, 0.2) is 0 Å². The van der Waals surface area contributed by atoms with Crippen molar-refractivity contribution in [3.63, 3.8) is 0 Å². The Hall–Kier alpha value is -3.08. The highest BCUT2D eigenvalue weighted by Crippen LogP contribution is 2.42. The summed E-state index contributed by atoms with van der Waals surface area (Å²) in [5.74, 6) is 0.711. The van der Waals surface area contributed by atoms with E-state index in [-0.39, 0.29) is 17.7 Å². The number of allylic oxidation sites excluding steroid dienone is 4. The number of fused-ring (bicyclic) bond motifs is 1. The number of nitrogens with one attached hydrogen (secondary N) is 4. The first-order chi connectivity index (χ1) is 14.8. The number of rotatable bonds is 6. The van der Waals surface area contributed by atoms with Gasteiger partial charge in [0, 0.05) is 41.7 Å². The zero-order valence-electron chi connectivity index (χ0n) is 19.4. The maximum absolute atomic E-state index is 12.9. The molecule has 0 radical (unpaired) electrons. The van der Waals surface area contributed by atoms with Crippen LogP contribution in [0.4, 0.5) is 0 Å². The Bertz CT molecular complexity index is 1030. The number of hydrogen-bond acceptors (Lipinski definition) is 3. The monoisotopic (exact) mass is 418 g/mol. The normalized spacial score (nSPS) is 22.3. The van der Waals surface area contributed by atoms with Gasteiger partial charge in [-0.2, -0.15) is 0 Å². The van der Waals surface area contributed by atoms with Gasteiger partial charge in [0.2, 0.25) is 0 Å². The molecule has 0 aromatic heterocycles. The molecule has 0 saturated carbocycles. The molecule has 1 fully saturated rings. The van der Waals surface area contributed by atoms with E-state index >= 15 is 0 Å². The number of hydrogen-bond donors (Lipinski definition) is 4. The minimum atomic E-state index is -0.111. The lowest BCUT2D eigenvalue weighted by Crippen LogP contribution is -2.25. The summed E-state index contributed by atoms with van der Waals surface area (Å²) in [7, 11) is 1.80. The summed E-state index contributed by atoms with van der Waals surface area (Å²) in [4.78, 5) is 12.9. The third-order valence-electron chi connectivity index (χ3n) is 6.25. The van der Waals surface area contributed by atoms with Crippen molar-refractivity contribution in [3.8, 4) is 0 Å². The Labute approximate surface area is 185 Å². The molecule has 2 atom stereocenters. The highest BCUT2D eigenvalue weighted by atomic mass is 16.2. The SMILES string of the molecule is CCc1ccc(C)c(C2C=C3C(=CC2CC)NC(=O)/C3=C(/C)NC(=N)/C(C)=C\NC)c1. The molecule has 1 heterocycles. The average molecular weight is 419 g/mol. The van der Waals surface area contributed by atoms with Gasteiger partial charge < -0.3 is 16.0 Å². The van der Waals surface area contributed by atoms with Crippen LogP contribution in [-0.4, -0.2) is 18.8 Å². The van der Waals surface area contributed by atoms with Gasteiger partial charge in [-0.25, -0.2) is 0 Å². The lowest BCUT2D eigenvalue weighted by Gasteiger charge is -2.28. The summed E-state index contributed by atoms with van der Waals surface area (Å²) in [6.07, 6.45) is 8.23. The fourth-order valence-corrected chi connectivity index (χ4v) is 4.41. The van der Waals surface area contributed by atoms with Gasteiger partial charge >= 0.3 is 0 Å². The van der Waals surface area contributed by atoms with E-state index in [0.717, 1.165) is 29.7 Å². The van der Waals surface area contributed by atoms with Crippen molar-refractivity contribution in [2.75, 3.05) is 7.05 Å². The zero-order valence-corrected chi connectivity index (χ0v) is 19.4. The third kappa shape index (κ3) is 4.50. The number of carbonyl (C=O) groups excluding carboxylic acids is 1. The molecule has 2 aliphatic rings. The second-order valence-corrected chi connectivity index (χ2v) is 8.37. The molecule has 0 spiro atoms. The van der Waals surface area contributed by atoms with Crippen LogP contribution in [0.1, 0.15) is 56.7 Å². The molecule has 4 N–H and O–H groups in total. The molecule has 31 heavy (non-hydrogen) atoms. The van der Waals surface area contributed by atoms with Crippen molar-refractivity contribution in [1.82, 2.24) is 16.0 Å². The second-order valence-electron chi connectivity index (χ2n) is 8.37. The van der Waals surface area contributed by atoms with Gasteiger partial charge in [0.25, 0.3) is 5.91 Å². The van der Waals surface area contributed by atoms with E-state index in [2.05, 4.69) is 67.1 Å². The Morgan fingerprint density at radius 3 is 2.61 bits per heavy atom. The molecule has 164 valence electrons. The molecule has 5 heteroatoms. The van der Waals surface area contributed by atoms with Crippen molar-refractivity contribution in [2.45, 2.75) is 53.4 Å². The van der Waals surface area contributed by atoms with Crippen LogP contribution in [0.25, 0.3) is 0 Å². The fraction of sp³-hybridized carbons (Fsp3) is 0.385. The lowest BCUT2D eigenvalue weighted by atomic mass is 9.76. The zero-order chi connectivity index (χ0) is 22.7. The van der Waals surface area contributed by atoms with Crippen LogP contribution < -0.4 is 16.0 Å². The van der Waals surface area contributed by atoms with E-state index in [9.17, 15) is 4.79 Å². The Balaban J connectivity index is 2.05. The van der Waals surface area contributed by atoms with E-state index in [1.54, 1.807) is 13.2 Å². The maximum Gasteiger partial charge on any atom is 0.258 e. The number of carbonyl (C=O) groups is 1. The van der Waals surface area contributed by atoms with Crippen LogP contribution in [0.15, 0.2) is 64.7 Å². The van der Waals surface area contributed by atoms with Gasteiger partial charge in [-0.3, -0.25) is 10.2 Å². The molecule has 2 unspecified atom stereocenters. The van der Waals surface area contributed by atoms with Crippen molar-refractivity contribution >= 4 is 11.7 Å². The lowest BCUT2D eigenvalue weighted by molar-refractivity contribution is -0.115. The molecule has 1 saturated heterocycles. The van der Waals surface area contributed by atoms with Crippen molar-refractivity contribution in [2.24, 2.45) is 5.92 Å². The number of amidine groups is 1. The van der Waals surface area contributed by atoms with Crippen LogP contribution in [0, 0.1) is 18.3 Å². The second kappa shape index (κ2) is 9.38.